The third-order valence-electron chi connectivity index (χ3n) is 6.75. The number of anilines is 1. The second-order valence-corrected chi connectivity index (χ2v) is 10.2. The van der Waals surface area contributed by atoms with Crippen LogP contribution in [0.2, 0.25) is 0 Å². The summed E-state index contributed by atoms with van der Waals surface area (Å²) in [5, 5.41) is 5.30. The monoisotopic (exact) mass is 477 g/mol. The number of nitrogens with one attached hydrogen (secondary N) is 1. The van der Waals surface area contributed by atoms with Crippen molar-refractivity contribution in [1.82, 2.24) is 0 Å². The van der Waals surface area contributed by atoms with Gasteiger partial charge in [0.2, 0.25) is 5.78 Å². The zero-order valence-electron chi connectivity index (χ0n) is 19.7. The van der Waals surface area contributed by atoms with E-state index >= 15 is 0 Å². The van der Waals surface area contributed by atoms with Gasteiger partial charge in [-0.2, -0.15) is 0 Å². The number of nitrogens with zero attached hydrogens (tertiary/aromatic N) is 1. The Morgan fingerprint density at radius 1 is 0.971 bits per heavy atom. The minimum absolute atomic E-state index is 0.00568. The van der Waals surface area contributed by atoms with Gasteiger partial charge in [-0.05, 0) is 29.1 Å². The zero-order chi connectivity index (χ0) is 23.8. The highest BCUT2D eigenvalue weighted by molar-refractivity contribution is 7.12. The van der Waals surface area contributed by atoms with Crippen molar-refractivity contribution >= 4 is 28.8 Å². The summed E-state index contributed by atoms with van der Waals surface area (Å²) in [5.41, 5.74) is 2.47. The molecular weight excluding hydrogens is 444 g/mol. The minimum atomic E-state index is -0.202. The Bertz CT molecular complexity index is 1010. The van der Waals surface area contributed by atoms with E-state index in [1.807, 2.05) is 41.8 Å². The number of ether oxygens (including phenoxy) is 1. The lowest BCUT2D eigenvalue weighted by molar-refractivity contribution is -0.938. The van der Waals surface area contributed by atoms with Gasteiger partial charge in [0, 0.05) is 37.9 Å². The number of thiophene rings is 1. The van der Waals surface area contributed by atoms with E-state index in [0.717, 1.165) is 54.1 Å². The number of esters is 1. The van der Waals surface area contributed by atoms with Gasteiger partial charge in [0.05, 0.1) is 18.0 Å². The molecule has 3 aliphatic rings. The summed E-state index contributed by atoms with van der Waals surface area (Å²) in [7, 11) is 0. The summed E-state index contributed by atoms with van der Waals surface area (Å²) < 4.78 is 6.26. The van der Waals surface area contributed by atoms with Gasteiger partial charge in [0.25, 0.3) is 0 Å². The van der Waals surface area contributed by atoms with Gasteiger partial charge < -0.3 is 14.5 Å². The molecule has 34 heavy (non-hydrogen) atoms. The van der Waals surface area contributed by atoms with Crippen LogP contribution in [-0.4, -0.2) is 48.5 Å². The Morgan fingerprint density at radius 2 is 1.65 bits per heavy atom. The van der Waals surface area contributed by atoms with Crippen LogP contribution in [0, 0.1) is 5.92 Å². The van der Waals surface area contributed by atoms with Gasteiger partial charge in [0.15, 0.2) is 6.10 Å². The van der Waals surface area contributed by atoms with Crippen LogP contribution in [0.1, 0.15) is 35.0 Å². The van der Waals surface area contributed by atoms with Gasteiger partial charge in [-0.3, -0.25) is 9.59 Å². The maximum Gasteiger partial charge on any atom is 0.303 e. The lowest BCUT2D eigenvalue weighted by atomic mass is 9.83. The molecule has 3 aromatic rings. The number of quaternary nitrogens is 1. The number of Topliss-reactive ketones (excluding diaryl/α,β-unsaturated/α-hetero) is 1. The minimum Gasteiger partial charge on any atom is -0.456 e. The van der Waals surface area contributed by atoms with Gasteiger partial charge in [-0.15, -0.1) is 11.3 Å². The van der Waals surface area contributed by atoms with Gasteiger partial charge >= 0.3 is 5.97 Å². The number of ketones is 1. The van der Waals surface area contributed by atoms with Crippen LogP contribution >= 0.6 is 11.3 Å². The smallest absolute Gasteiger partial charge is 0.303 e. The molecule has 0 amide bonds. The second kappa shape index (κ2) is 11.4. The highest BCUT2D eigenvalue weighted by Gasteiger charge is 2.48. The summed E-state index contributed by atoms with van der Waals surface area (Å²) in [6.07, 6.45) is 2.14. The molecule has 1 N–H and O–H groups in total. The molecule has 3 fully saturated rings. The fraction of sp³-hybridized carbons (Fsp3) is 0.357. The number of fused-ring (bicyclic) bond motifs is 3. The number of hydrogen-bond donors (Lipinski definition) is 1. The summed E-state index contributed by atoms with van der Waals surface area (Å²) >= 11 is 1.51. The van der Waals surface area contributed by atoms with Crippen LogP contribution in [0.3, 0.4) is 0 Å². The van der Waals surface area contributed by atoms with Crippen LogP contribution in [0.4, 0.5) is 5.69 Å². The number of benzene rings is 2. The van der Waals surface area contributed by atoms with Crippen molar-refractivity contribution in [3.8, 4) is 0 Å². The number of hydrogen-bond acceptors (Lipinski definition) is 5. The number of rotatable bonds is 7. The predicted octanol–water partition coefficient (Wildman–Crippen LogP) is 5.40. The number of piperidine rings is 3. The molecule has 6 heteroatoms. The van der Waals surface area contributed by atoms with Crippen LogP contribution in [0.5, 0.6) is 0 Å². The highest BCUT2D eigenvalue weighted by Crippen LogP contribution is 2.36. The first-order chi connectivity index (χ1) is 16.5. The van der Waals surface area contributed by atoms with E-state index in [2.05, 4.69) is 41.7 Å². The fourth-order valence-electron chi connectivity index (χ4n) is 4.97. The summed E-state index contributed by atoms with van der Waals surface area (Å²) in [6, 6.07) is 24.4. The van der Waals surface area contributed by atoms with Crippen molar-refractivity contribution < 1.29 is 18.8 Å². The lowest BCUT2D eigenvalue weighted by Gasteiger charge is -2.51. The molecular formula is C28H33N2O3S+. The van der Waals surface area contributed by atoms with Crippen LogP contribution in [0.25, 0.3) is 0 Å². The maximum absolute atomic E-state index is 12.4. The Labute approximate surface area is 206 Å². The fourth-order valence-corrected chi connectivity index (χ4v) is 5.62. The highest BCUT2D eigenvalue weighted by atomic mass is 32.1. The molecule has 0 saturated carbocycles. The van der Waals surface area contributed by atoms with Crippen molar-refractivity contribution in [2.24, 2.45) is 5.92 Å². The molecule has 1 aromatic heterocycles. The molecule has 3 aliphatic heterocycles. The number of para-hydroxylation sites is 1. The molecule has 0 radical (unpaired) electrons. The van der Waals surface area contributed by atoms with Crippen LogP contribution in [-0.2, 0) is 16.1 Å². The average molecular weight is 478 g/mol. The van der Waals surface area contributed by atoms with Crippen LogP contribution in [0.15, 0.2) is 78.2 Å². The molecule has 6 rings (SSSR count). The van der Waals surface area contributed by atoms with E-state index in [1.54, 1.807) is 0 Å². The van der Waals surface area contributed by atoms with Crippen molar-refractivity contribution in [3.63, 3.8) is 0 Å². The molecule has 2 aromatic carbocycles. The SMILES string of the molecule is CC(=O)OC1C[N+]2(CC(=O)c3cccs3)CCC1CC2.c1ccc(CNc2ccccc2)cc1. The van der Waals surface area contributed by atoms with Crippen molar-refractivity contribution in [1.29, 1.82) is 0 Å². The first kappa shape index (κ1) is 24.2. The molecule has 1 unspecified atom stereocenters. The first-order valence-corrected chi connectivity index (χ1v) is 12.8. The summed E-state index contributed by atoms with van der Waals surface area (Å²) in [4.78, 5) is 24.4. The number of carbonyl (C=O) groups excluding carboxylic acids is 2. The van der Waals surface area contributed by atoms with E-state index in [4.69, 9.17) is 4.74 Å². The van der Waals surface area contributed by atoms with Gasteiger partial charge in [-0.1, -0.05) is 54.6 Å². The summed E-state index contributed by atoms with van der Waals surface area (Å²) in [5.74, 6) is 0.518. The quantitative estimate of drug-likeness (QED) is 0.281. The molecule has 2 bridgehead atoms. The Morgan fingerprint density at radius 3 is 2.26 bits per heavy atom. The zero-order valence-corrected chi connectivity index (χ0v) is 20.5. The molecule has 1 atom stereocenters. The first-order valence-electron chi connectivity index (χ1n) is 11.9. The van der Waals surface area contributed by atoms with E-state index < -0.39 is 0 Å². The standard InChI is InChI=1S/C15H20NO3S.C13H13N/c1-11(17)19-14-10-16(6-4-12(14)5-7-16)9-13(18)15-3-2-8-20-15;1-3-7-12(8-4-1)11-14-13-9-5-2-6-10-13/h2-3,8,12,14H,4-7,9-10H2,1H3;1-10,14H,11H2/q+1;. The van der Waals surface area contributed by atoms with Crippen molar-refractivity contribution in [2.75, 3.05) is 31.5 Å². The Kier molecular flexibility index (Phi) is 8.14. The predicted molar refractivity (Wildman–Crippen MR) is 137 cm³/mol. The Balaban J connectivity index is 0.000000172. The molecule has 5 nitrogen and oxygen atoms in total. The topological polar surface area (TPSA) is 55.4 Å². The van der Waals surface area contributed by atoms with E-state index in [0.29, 0.717) is 12.5 Å². The largest absolute Gasteiger partial charge is 0.456 e. The van der Waals surface area contributed by atoms with Gasteiger partial charge in [0.1, 0.15) is 13.1 Å². The normalized spacial score (nSPS) is 22.9. The van der Waals surface area contributed by atoms with Crippen molar-refractivity contribution in [2.45, 2.75) is 32.4 Å². The molecule has 4 heterocycles. The molecule has 178 valence electrons. The third kappa shape index (κ3) is 6.55. The van der Waals surface area contributed by atoms with Gasteiger partial charge in [-0.25, -0.2) is 0 Å². The molecule has 0 aliphatic carbocycles. The van der Waals surface area contributed by atoms with E-state index in [1.165, 1.54) is 23.8 Å². The van der Waals surface area contributed by atoms with Crippen molar-refractivity contribution in [3.05, 3.63) is 88.6 Å². The second-order valence-electron chi connectivity index (χ2n) is 9.22. The summed E-state index contributed by atoms with van der Waals surface area (Å²) in [6.45, 7) is 5.79. The Hall–Kier alpha value is -2.96. The van der Waals surface area contributed by atoms with E-state index in [-0.39, 0.29) is 17.9 Å². The molecule has 0 spiro atoms. The van der Waals surface area contributed by atoms with E-state index in [9.17, 15) is 9.59 Å². The number of carbonyl (C=O) groups is 2. The maximum atomic E-state index is 12.4. The lowest BCUT2D eigenvalue weighted by Crippen LogP contribution is -2.65. The molecule has 3 saturated heterocycles. The average Bonchev–Trinajstić information content (AvgIpc) is 3.40. The van der Waals surface area contributed by atoms with Crippen LogP contribution < -0.4 is 5.32 Å². The third-order valence-corrected chi connectivity index (χ3v) is 7.66.